The van der Waals surface area contributed by atoms with Crippen molar-refractivity contribution in [3.63, 3.8) is 0 Å². The molecule has 4 nitrogen and oxygen atoms in total. The van der Waals surface area contributed by atoms with E-state index in [-0.39, 0.29) is 5.97 Å². The van der Waals surface area contributed by atoms with Gasteiger partial charge in [0.25, 0.3) is 0 Å². The minimum Gasteiger partial charge on any atom is -0.468 e. The Balaban J connectivity index is 1.84. The zero-order valence-corrected chi connectivity index (χ0v) is 13.4. The molecular formula is C16H30N2O2. The van der Waals surface area contributed by atoms with E-state index in [0.29, 0.717) is 12.0 Å². The standard InChI is InChI=1S/C16H30N2O2/c1-12(2)18-7-5-6-13(11-18)8-14-9-16(3,17-10-14)15(19)20-4/h12-14,17H,5-11H2,1-4H3. The van der Waals surface area contributed by atoms with Crippen LogP contribution in [0.5, 0.6) is 0 Å². The van der Waals surface area contributed by atoms with E-state index in [4.69, 9.17) is 4.74 Å². The number of nitrogens with one attached hydrogen (secondary N) is 1. The minimum atomic E-state index is -0.466. The smallest absolute Gasteiger partial charge is 0.325 e. The summed E-state index contributed by atoms with van der Waals surface area (Å²) in [5.74, 6) is 1.28. The molecule has 2 aliphatic heterocycles. The number of carbonyl (C=O) groups excluding carboxylic acids is 1. The predicted molar refractivity (Wildman–Crippen MR) is 80.6 cm³/mol. The van der Waals surface area contributed by atoms with E-state index in [2.05, 4.69) is 24.1 Å². The maximum absolute atomic E-state index is 11.8. The number of ether oxygens (including phenoxy) is 1. The number of hydrogen-bond donors (Lipinski definition) is 1. The van der Waals surface area contributed by atoms with Gasteiger partial charge in [0.05, 0.1) is 7.11 Å². The summed E-state index contributed by atoms with van der Waals surface area (Å²) in [7, 11) is 1.48. The van der Waals surface area contributed by atoms with Crippen molar-refractivity contribution in [3.8, 4) is 0 Å². The third-order valence-corrected chi connectivity index (χ3v) is 5.06. The Kier molecular flexibility index (Phi) is 5.08. The Morgan fingerprint density at radius 3 is 2.85 bits per heavy atom. The zero-order valence-electron chi connectivity index (χ0n) is 13.4. The first kappa shape index (κ1) is 15.8. The molecule has 0 aromatic rings. The summed E-state index contributed by atoms with van der Waals surface area (Å²) in [5.41, 5.74) is -0.466. The van der Waals surface area contributed by atoms with Gasteiger partial charge < -0.3 is 15.0 Å². The van der Waals surface area contributed by atoms with Crippen LogP contribution in [0.15, 0.2) is 0 Å². The molecule has 2 heterocycles. The molecule has 116 valence electrons. The summed E-state index contributed by atoms with van der Waals surface area (Å²) < 4.78 is 4.91. The van der Waals surface area contributed by atoms with Crippen LogP contribution in [-0.2, 0) is 9.53 Å². The highest BCUT2D eigenvalue weighted by Gasteiger charge is 2.42. The average molecular weight is 282 g/mol. The van der Waals surface area contributed by atoms with E-state index in [1.807, 2.05) is 6.92 Å². The van der Waals surface area contributed by atoms with Crippen molar-refractivity contribution in [1.29, 1.82) is 0 Å². The lowest BCUT2D eigenvalue weighted by atomic mass is 9.84. The molecule has 1 N–H and O–H groups in total. The SMILES string of the molecule is COC(=O)C1(C)CC(CC2CCCN(C(C)C)C2)CN1. The van der Waals surface area contributed by atoms with E-state index in [1.165, 1.54) is 39.5 Å². The number of likely N-dealkylation sites (tertiary alicyclic amines) is 1. The summed E-state index contributed by atoms with van der Waals surface area (Å²) in [4.78, 5) is 14.4. The van der Waals surface area contributed by atoms with Gasteiger partial charge in [0.15, 0.2) is 0 Å². The lowest BCUT2D eigenvalue weighted by Crippen LogP contribution is -2.45. The van der Waals surface area contributed by atoms with Crippen LogP contribution in [0.3, 0.4) is 0 Å². The largest absolute Gasteiger partial charge is 0.468 e. The lowest BCUT2D eigenvalue weighted by molar-refractivity contribution is -0.147. The van der Waals surface area contributed by atoms with Gasteiger partial charge in [-0.25, -0.2) is 0 Å². The van der Waals surface area contributed by atoms with Crippen LogP contribution in [0, 0.1) is 11.8 Å². The maximum Gasteiger partial charge on any atom is 0.325 e. The Morgan fingerprint density at radius 2 is 2.20 bits per heavy atom. The lowest BCUT2D eigenvalue weighted by Gasteiger charge is -2.36. The van der Waals surface area contributed by atoms with Gasteiger partial charge in [0.1, 0.15) is 5.54 Å². The maximum atomic E-state index is 11.8. The van der Waals surface area contributed by atoms with Crippen molar-refractivity contribution in [3.05, 3.63) is 0 Å². The highest BCUT2D eigenvalue weighted by Crippen LogP contribution is 2.32. The van der Waals surface area contributed by atoms with Crippen LogP contribution in [0.4, 0.5) is 0 Å². The van der Waals surface area contributed by atoms with E-state index in [9.17, 15) is 4.79 Å². The summed E-state index contributed by atoms with van der Waals surface area (Å²) >= 11 is 0. The number of nitrogens with zero attached hydrogens (tertiary/aromatic N) is 1. The normalized spacial score (nSPS) is 35.5. The molecule has 0 spiro atoms. The van der Waals surface area contributed by atoms with Gasteiger partial charge >= 0.3 is 5.97 Å². The number of esters is 1. The van der Waals surface area contributed by atoms with Crippen molar-refractivity contribution < 1.29 is 9.53 Å². The molecule has 0 aromatic heterocycles. The molecule has 2 saturated heterocycles. The first-order valence-electron chi connectivity index (χ1n) is 8.02. The summed E-state index contributed by atoms with van der Waals surface area (Å²) in [6.45, 7) is 9.96. The molecule has 3 unspecified atom stereocenters. The Morgan fingerprint density at radius 1 is 1.45 bits per heavy atom. The first-order valence-corrected chi connectivity index (χ1v) is 8.02. The molecule has 0 aliphatic carbocycles. The quantitative estimate of drug-likeness (QED) is 0.801. The van der Waals surface area contributed by atoms with Gasteiger partial charge in [-0.05, 0) is 71.4 Å². The van der Waals surface area contributed by atoms with E-state index >= 15 is 0 Å². The number of piperidine rings is 1. The van der Waals surface area contributed by atoms with E-state index in [0.717, 1.165) is 18.9 Å². The van der Waals surface area contributed by atoms with Crippen LogP contribution in [0.2, 0.25) is 0 Å². The van der Waals surface area contributed by atoms with Crippen molar-refractivity contribution >= 4 is 5.97 Å². The molecule has 2 aliphatic rings. The zero-order chi connectivity index (χ0) is 14.8. The van der Waals surface area contributed by atoms with Crippen LogP contribution in [-0.4, -0.2) is 49.2 Å². The van der Waals surface area contributed by atoms with Gasteiger partial charge in [0.2, 0.25) is 0 Å². The predicted octanol–water partition coefficient (Wildman–Crippen LogP) is 2.04. The van der Waals surface area contributed by atoms with Crippen LogP contribution in [0.25, 0.3) is 0 Å². The number of rotatable bonds is 4. The summed E-state index contributed by atoms with van der Waals surface area (Å²) in [6.07, 6.45) is 4.81. The second-order valence-corrected chi connectivity index (χ2v) is 7.11. The molecule has 0 amide bonds. The monoisotopic (exact) mass is 282 g/mol. The molecule has 0 saturated carbocycles. The molecule has 0 bridgehead atoms. The van der Waals surface area contributed by atoms with Crippen molar-refractivity contribution in [1.82, 2.24) is 10.2 Å². The van der Waals surface area contributed by atoms with Gasteiger partial charge in [-0.2, -0.15) is 0 Å². The van der Waals surface area contributed by atoms with Gasteiger partial charge in [-0.3, -0.25) is 4.79 Å². The molecule has 20 heavy (non-hydrogen) atoms. The van der Waals surface area contributed by atoms with Gasteiger partial charge in [-0.15, -0.1) is 0 Å². The fourth-order valence-electron chi connectivity index (χ4n) is 3.87. The second-order valence-electron chi connectivity index (χ2n) is 7.11. The molecule has 3 atom stereocenters. The van der Waals surface area contributed by atoms with Crippen LogP contribution < -0.4 is 5.32 Å². The van der Waals surface area contributed by atoms with Gasteiger partial charge in [0, 0.05) is 12.6 Å². The van der Waals surface area contributed by atoms with Crippen molar-refractivity contribution in [2.75, 3.05) is 26.7 Å². The Labute approximate surface area is 123 Å². The third-order valence-electron chi connectivity index (χ3n) is 5.06. The number of carbonyl (C=O) groups is 1. The third kappa shape index (κ3) is 3.53. The number of hydrogen-bond acceptors (Lipinski definition) is 4. The first-order chi connectivity index (χ1) is 9.44. The second kappa shape index (κ2) is 6.44. The average Bonchev–Trinajstić information content (AvgIpc) is 2.80. The van der Waals surface area contributed by atoms with Gasteiger partial charge in [-0.1, -0.05) is 0 Å². The number of methoxy groups -OCH3 is 1. The van der Waals surface area contributed by atoms with Crippen LogP contribution in [0.1, 0.15) is 46.5 Å². The van der Waals surface area contributed by atoms with Crippen molar-refractivity contribution in [2.24, 2.45) is 11.8 Å². The topological polar surface area (TPSA) is 41.6 Å². The van der Waals surface area contributed by atoms with Crippen molar-refractivity contribution in [2.45, 2.75) is 58.0 Å². The molecule has 0 aromatic carbocycles. The Hall–Kier alpha value is -0.610. The van der Waals surface area contributed by atoms with E-state index < -0.39 is 5.54 Å². The highest BCUT2D eigenvalue weighted by atomic mass is 16.5. The Bertz CT molecular complexity index is 345. The fraction of sp³-hybridized carbons (Fsp3) is 0.938. The molecular weight excluding hydrogens is 252 g/mol. The highest BCUT2D eigenvalue weighted by molar-refractivity contribution is 5.80. The fourth-order valence-corrected chi connectivity index (χ4v) is 3.87. The minimum absolute atomic E-state index is 0.118. The molecule has 2 rings (SSSR count). The van der Waals surface area contributed by atoms with Crippen LogP contribution >= 0.6 is 0 Å². The molecule has 2 fully saturated rings. The summed E-state index contributed by atoms with van der Waals surface area (Å²) in [6, 6.07) is 0.653. The summed E-state index contributed by atoms with van der Waals surface area (Å²) in [5, 5.41) is 3.37. The molecule has 0 radical (unpaired) electrons. The molecule has 4 heteroatoms. The van der Waals surface area contributed by atoms with E-state index in [1.54, 1.807) is 0 Å².